The van der Waals surface area contributed by atoms with Crippen molar-refractivity contribution in [2.45, 2.75) is 46.1 Å². The maximum Gasteiger partial charge on any atom is 0.224 e. The van der Waals surface area contributed by atoms with Gasteiger partial charge < -0.3 is 15.4 Å². The van der Waals surface area contributed by atoms with E-state index >= 15 is 0 Å². The average molecular weight is 434 g/mol. The molecule has 1 aliphatic heterocycles. The summed E-state index contributed by atoms with van der Waals surface area (Å²) in [5.74, 6) is 1.54. The summed E-state index contributed by atoms with van der Waals surface area (Å²) in [6.07, 6.45) is 3.98. The van der Waals surface area contributed by atoms with E-state index in [9.17, 15) is 9.59 Å². The standard InChI is InChI=1S/C24H27N5O3/c1-16-12-17(2)29(28-16)22-9-5-18(14-25-22)15-26-23(30)4-3-11-32-20-7-8-21-19(13-20)6-10-24(31)27-21/h5,7-9,12-14H,3-4,6,10-11,15H2,1-2H3,(H,26,30)(H,27,31). The minimum atomic E-state index is -0.0237. The van der Waals surface area contributed by atoms with Crippen LogP contribution < -0.4 is 15.4 Å². The molecule has 3 heterocycles. The van der Waals surface area contributed by atoms with Gasteiger partial charge in [-0.05, 0) is 68.1 Å². The van der Waals surface area contributed by atoms with Crippen LogP contribution in [0.5, 0.6) is 5.75 Å². The van der Waals surface area contributed by atoms with Crippen molar-refractivity contribution < 1.29 is 14.3 Å². The van der Waals surface area contributed by atoms with E-state index in [4.69, 9.17) is 4.74 Å². The van der Waals surface area contributed by atoms with Crippen LogP contribution in [0.3, 0.4) is 0 Å². The fourth-order valence-corrected chi connectivity index (χ4v) is 3.67. The van der Waals surface area contributed by atoms with Crippen LogP contribution in [-0.2, 0) is 22.6 Å². The van der Waals surface area contributed by atoms with Crippen molar-refractivity contribution in [2.24, 2.45) is 0 Å². The molecule has 0 saturated carbocycles. The van der Waals surface area contributed by atoms with Gasteiger partial charge in [0.1, 0.15) is 5.75 Å². The molecule has 1 aromatic carbocycles. The summed E-state index contributed by atoms with van der Waals surface area (Å²) in [4.78, 5) is 28.0. The number of pyridine rings is 1. The minimum absolute atomic E-state index is 0.0237. The molecule has 0 atom stereocenters. The van der Waals surface area contributed by atoms with Crippen LogP contribution in [0.2, 0.25) is 0 Å². The highest BCUT2D eigenvalue weighted by atomic mass is 16.5. The van der Waals surface area contributed by atoms with Gasteiger partial charge in [-0.25, -0.2) is 9.67 Å². The summed E-state index contributed by atoms with van der Waals surface area (Å²) >= 11 is 0. The number of rotatable bonds is 8. The van der Waals surface area contributed by atoms with Crippen LogP contribution in [0.25, 0.3) is 5.82 Å². The Labute approximate surface area is 187 Å². The van der Waals surface area contributed by atoms with E-state index in [1.165, 1.54) is 0 Å². The molecule has 8 nitrogen and oxygen atoms in total. The quantitative estimate of drug-likeness (QED) is 0.532. The molecule has 2 N–H and O–H groups in total. The highest BCUT2D eigenvalue weighted by Crippen LogP contribution is 2.26. The van der Waals surface area contributed by atoms with Crippen LogP contribution in [0.4, 0.5) is 5.69 Å². The number of carbonyl (C=O) groups is 2. The first kappa shape index (κ1) is 21.5. The van der Waals surface area contributed by atoms with Gasteiger partial charge in [0.05, 0.1) is 12.3 Å². The molecule has 0 unspecified atom stereocenters. The topological polar surface area (TPSA) is 98.1 Å². The number of fused-ring (bicyclic) bond motifs is 1. The maximum atomic E-state index is 12.1. The molecular formula is C24H27N5O3. The second kappa shape index (κ2) is 9.64. The molecule has 0 radical (unpaired) electrons. The van der Waals surface area contributed by atoms with Crippen LogP contribution in [-0.4, -0.2) is 33.2 Å². The van der Waals surface area contributed by atoms with Gasteiger partial charge in [0, 0.05) is 37.0 Å². The summed E-state index contributed by atoms with van der Waals surface area (Å²) in [5, 5.41) is 10.2. The van der Waals surface area contributed by atoms with E-state index in [2.05, 4.69) is 20.7 Å². The summed E-state index contributed by atoms with van der Waals surface area (Å²) in [5.41, 5.74) is 4.84. The number of aromatic nitrogens is 3. The monoisotopic (exact) mass is 433 g/mol. The second-order valence-electron chi connectivity index (χ2n) is 7.96. The number of hydrogen-bond donors (Lipinski definition) is 2. The van der Waals surface area contributed by atoms with Gasteiger partial charge in [-0.2, -0.15) is 5.10 Å². The molecule has 8 heteroatoms. The van der Waals surface area contributed by atoms with Crippen molar-refractivity contribution in [3.05, 3.63) is 65.1 Å². The molecule has 1 aliphatic rings. The Balaban J connectivity index is 1.18. The Kier molecular flexibility index (Phi) is 6.49. The zero-order valence-corrected chi connectivity index (χ0v) is 18.4. The van der Waals surface area contributed by atoms with Crippen LogP contribution >= 0.6 is 0 Å². The first-order chi connectivity index (χ1) is 15.5. The van der Waals surface area contributed by atoms with E-state index in [1.807, 2.05) is 50.2 Å². The lowest BCUT2D eigenvalue weighted by Gasteiger charge is -2.17. The Hall–Kier alpha value is -3.68. The van der Waals surface area contributed by atoms with Crippen LogP contribution in [0, 0.1) is 13.8 Å². The first-order valence-corrected chi connectivity index (χ1v) is 10.8. The van der Waals surface area contributed by atoms with E-state index in [0.29, 0.717) is 32.4 Å². The van der Waals surface area contributed by atoms with Crippen molar-refractivity contribution in [1.82, 2.24) is 20.1 Å². The number of nitrogens with zero attached hydrogens (tertiary/aromatic N) is 3. The smallest absolute Gasteiger partial charge is 0.224 e. The Morgan fingerprint density at radius 2 is 2.06 bits per heavy atom. The summed E-state index contributed by atoms with van der Waals surface area (Å²) in [6, 6.07) is 11.5. The van der Waals surface area contributed by atoms with Gasteiger partial charge in [-0.3, -0.25) is 9.59 Å². The van der Waals surface area contributed by atoms with Gasteiger partial charge >= 0.3 is 0 Å². The van der Waals surface area contributed by atoms with E-state index < -0.39 is 0 Å². The molecule has 166 valence electrons. The molecule has 0 aliphatic carbocycles. The number of ether oxygens (including phenoxy) is 1. The molecule has 0 saturated heterocycles. The van der Waals surface area contributed by atoms with Crippen molar-refractivity contribution in [1.29, 1.82) is 0 Å². The highest BCUT2D eigenvalue weighted by molar-refractivity contribution is 5.94. The number of amides is 2. The minimum Gasteiger partial charge on any atom is -0.494 e. The fraction of sp³-hybridized carbons (Fsp3) is 0.333. The second-order valence-corrected chi connectivity index (χ2v) is 7.96. The lowest BCUT2D eigenvalue weighted by atomic mass is 10.0. The van der Waals surface area contributed by atoms with Crippen molar-refractivity contribution in [3.63, 3.8) is 0 Å². The third-order valence-corrected chi connectivity index (χ3v) is 5.31. The number of nitrogens with one attached hydrogen (secondary N) is 2. The van der Waals surface area contributed by atoms with Crippen molar-refractivity contribution in [3.8, 4) is 11.6 Å². The predicted octanol–water partition coefficient (Wildman–Crippen LogP) is 3.24. The Bertz CT molecular complexity index is 1120. The SMILES string of the molecule is Cc1cc(C)n(-c2ccc(CNC(=O)CCCOc3ccc4c(c3)CCC(=O)N4)cn2)n1. The van der Waals surface area contributed by atoms with E-state index in [1.54, 1.807) is 10.9 Å². The molecule has 0 fully saturated rings. The number of anilines is 1. The van der Waals surface area contributed by atoms with Gasteiger partial charge in [0.25, 0.3) is 0 Å². The normalized spacial score (nSPS) is 12.8. The zero-order valence-electron chi connectivity index (χ0n) is 18.4. The number of hydrogen-bond acceptors (Lipinski definition) is 5. The molecule has 4 rings (SSSR count). The molecule has 3 aromatic rings. The molecule has 0 spiro atoms. The molecule has 32 heavy (non-hydrogen) atoms. The average Bonchev–Trinajstić information content (AvgIpc) is 3.13. The van der Waals surface area contributed by atoms with Gasteiger partial charge in [0.2, 0.25) is 11.8 Å². The third kappa shape index (κ3) is 5.32. The van der Waals surface area contributed by atoms with Crippen LogP contribution in [0.1, 0.15) is 41.8 Å². The zero-order chi connectivity index (χ0) is 22.5. The van der Waals surface area contributed by atoms with E-state index in [0.717, 1.165) is 46.2 Å². The Morgan fingerprint density at radius 1 is 1.19 bits per heavy atom. The van der Waals surface area contributed by atoms with Crippen LogP contribution in [0.15, 0.2) is 42.6 Å². The Morgan fingerprint density at radius 3 is 2.81 bits per heavy atom. The largest absolute Gasteiger partial charge is 0.494 e. The molecule has 2 aromatic heterocycles. The lowest BCUT2D eigenvalue weighted by Crippen LogP contribution is -2.23. The lowest BCUT2D eigenvalue weighted by molar-refractivity contribution is -0.121. The van der Waals surface area contributed by atoms with Gasteiger partial charge in [0.15, 0.2) is 5.82 Å². The van der Waals surface area contributed by atoms with Gasteiger partial charge in [-0.15, -0.1) is 0 Å². The predicted molar refractivity (Wildman–Crippen MR) is 121 cm³/mol. The van der Waals surface area contributed by atoms with Crippen molar-refractivity contribution >= 4 is 17.5 Å². The summed E-state index contributed by atoms with van der Waals surface area (Å²) < 4.78 is 7.57. The molecule has 0 bridgehead atoms. The molecular weight excluding hydrogens is 406 g/mol. The van der Waals surface area contributed by atoms with E-state index in [-0.39, 0.29) is 11.8 Å². The maximum absolute atomic E-state index is 12.1. The summed E-state index contributed by atoms with van der Waals surface area (Å²) in [6.45, 7) is 4.83. The number of benzene rings is 1. The van der Waals surface area contributed by atoms with Crippen molar-refractivity contribution in [2.75, 3.05) is 11.9 Å². The molecule has 2 amide bonds. The number of aryl methyl sites for hydroxylation is 3. The summed E-state index contributed by atoms with van der Waals surface area (Å²) in [7, 11) is 0. The third-order valence-electron chi connectivity index (χ3n) is 5.31. The van der Waals surface area contributed by atoms with Gasteiger partial charge in [-0.1, -0.05) is 6.07 Å². The fourth-order valence-electron chi connectivity index (χ4n) is 3.67. The highest BCUT2D eigenvalue weighted by Gasteiger charge is 2.15. The first-order valence-electron chi connectivity index (χ1n) is 10.8. The number of carbonyl (C=O) groups excluding carboxylic acids is 2.